The van der Waals surface area contributed by atoms with Gasteiger partial charge in [-0.05, 0) is 13.3 Å². The molecule has 0 radical (unpaired) electrons. The number of rotatable bonds is 2. The third-order valence-electron chi connectivity index (χ3n) is 0.644. The maximum absolute atomic E-state index is 2.54. The highest BCUT2D eigenvalue weighted by atomic mass is 31.0. The van der Waals surface area contributed by atoms with Crippen molar-refractivity contribution in [2.45, 2.75) is 13.3 Å². The lowest BCUT2D eigenvalue weighted by Gasteiger charge is -1.73. The first-order valence-corrected chi connectivity index (χ1v) is 3.06. The van der Waals surface area contributed by atoms with E-state index in [0.29, 0.717) is 0 Å². The summed E-state index contributed by atoms with van der Waals surface area (Å²) in [4.78, 5) is 0. The molecule has 0 saturated heterocycles. The van der Waals surface area contributed by atoms with Gasteiger partial charge in [-0.25, -0.2) is 0 Å². The van der Waals surface area contributed by atoms with Crippen LogP contribution in [0.15, 0.2) is 24.0 Å². The highest BCUT2D eigenvalue weighted by Gasteiger charge is 1.61. The molecule has 0 spiro atoms. The minimum absolute atomic E-state index is 1.06. The fraction of sp³-hybridized carbons (Fsp3) is 0.333. The summed E-state index contributed by atoms with van der Waals surface area (Å²) in [5.74, 6) is 1.97. The van der Waals surface area contributed by atoms with Gasteiger partial charge in [0.15, 0.2) is 0 Å². The van der Waals surface area contributed by atoms with E-state index in [2.05, 4.69) is 21.4 Å². The minimum Gasteiger partial charge on any atom is -0.114 e. The average molecular weight is 114 g/mol. The van der Waals surface area contributed by atoms with E-state index in [1.807, 2.05) is 18.8 Å². The van der Waals surface area contributed by atoms with Crippen molar-refractivity contribution >= 4 is 9.24 Å². The van der Waals surface area contributed by atoms with Crippen molar-refractivity contribution in [1.82, 2.24) is 0 Å². The molecule has 0 N–H and O–H groups in total. The molecule has 1 atom stereocenters. The van der Waals surface area contributed by atoms with Crippen molar-refractivity contribution in [2.24, 2.45) is 0 Å². The van der Waals surface area contributed by atoms with Crippen molar-refractivity contribution in [3.05, 3.63) is 24.0 Å². The van der Waals surface area contributed by atoms with E-state index in [1.165, 1.54) is 0 Å². The van der Waals surface area contributed by atoms with Crippen LogP contribution in [-0.2, 0) is 0 Å². The molecule has 0 aliphatic rings. The average Bonchev–Trinajstić information content (AvgIpc) is 1.69. The predicted molar refractivity (Wildman–Crippen MR) is 38.3 cm³/mol. The van der Waals surface area contributed by atoms with E-state index in [0.717, 1.165) is 6.42 Å². The standard InChI is InChI=1S/C6H11P/c1-2-3-4-5-6-7/h2-3,5-6H,4,7H2,1H3/b3-2+,6-5+. The van der Waals surface area contributed by atoms with Crippen LogP contribution >= 0.6 is 9.24 Å². The topological polar surface area (TPSA) is 0 Å². The summed E-state index contributed by atoms with van der Waals surface area (Å²) >= 11 is 0. The molecule has 0 aliphatic carbocycles. The van der Waals surface area contributed by atoms with Gasteiger partial charge in [-0.1, -0.05) is 24.0 Å². The molecule has 0 aromatic rings. The van der Waals surface area contributed by atoms with Gasteiger partial charge in [0.2, 0.25) is 0 Å². The van der Waals surface area contributed by atoms with Crippen molar-refractivity contribution in [3.63, 3.8) is 0 Å². The van der Waals surface area contributed by atoms with Crippen LogP contribution in [0.2, 0.25) is 0 Å². The second-order valence-corrected chi connectivity index (χ2v) is 1.62. The first-order valence-electron chi connectivity index (χ1n) is 2.39. The third kappa shape index (κ3) is 5.91. The zero-order valence-corrected chi connectivity index (χ0v) is 5.75. The highest BCUT2D eigenvalue weighted by Crippen LogP contribution is 1.88. The fourth-order valence-electron chi connectivity index (χ4n) is 0.293. The molecule has 1 heteroatoms. The second kappa shape index (κ2) is 5.91. The summed E-state index contributed by atoms with van der Waals surface area (Å²) in [5, 5.41) is 0. The van der Waals surface area contributed by atoms with Gasteiger partial charge >= 0.3 is 0 Å². The summed E-state index contributed by atoms with van der Waals surface area (Å²) < 4.78 is 0. The van der Waals surface area contributed by atoms with Gasteiger partial charge < -0.3 is 0 Å². The van der Waals surface area contributed by atoms with E-state index < -0.39 is 0 Å². The van der Waals surface area contributed by atoms with Gasteiger partial charge in [0, 0.05) is 0 Å². The molecular weight excluding hydrogens is 103 g/mol. The van der Waals surface area contributed by atoms with Crippen molar-refractivity contribution in [1.29, 1.82) is 0 Å². The molecule has 0 aliphatic heterocycles. The van der Waals surface area contributed by atoms with Crippen LogP contribution in [-0.4, -0.2) is 0 Å². The van der Waals surface area contributed by atoms with Crippen LogP contribution in [0.5, 0.6) is 0 Å². The molecule has 0 aromatic carbocycles. The smallest absolute Gasteiger partial charge is 0.0166 e. The van der Waals surface area contributed by atoms with Gasteiger partial charge in [-0.2, -0.15) is 0 Å². The Morgan fingerprint density at radius 1 is 1.43 bits per heavy atom. The van der Waals surface area contributed by atoms with E-state index in [9.17, 15) is 0 Å². The highest BCUT2D eigenvalue weighted by molar-refractivity contribution is 7.20. The van der Waals surface area contributed by atoms with Crippen LogP contribution in [0.25, 0.3) is 0 Å². The Bertz CT molecular complexity index is 62.2. The third-order valence-corrected chi connectivity index (χ3v) is 0.916. The normalized spacial score (nSPS) is 11.7. The molecule has 7 heavy (non-hydrogen) atoms. The quantitative estimate of drug-likeness (QED) is 0.382. The molecule has 0 fully saturated rings. The summed E-state index contributed by atoms with van der Waals surface area (Å²) in [6.45, 7) is 2.02. The Balaban J connectivity index is 2.98. The zero-order valence-electron chi connectivity index (χ0n) is 4.59. The van der Waals surface area contributed by atoms with E-state index >= 15 is 0 Å². The van der Waals surface area contributed by atoms with Crippen LogP contribution in [0.1, 0.15) is 13.3 Å². The lowest BCUT2D eigenvalue weighted by Crippen LogP contribution is -1.50. The van der Waals surface area contributed by atoms with Gasteiger partial charge in [0.05, 0.1) is 0 Å². The lowest BCUT2D eigenvalue weighted by molar-refractivity contribution is 1.39. The summed E-state index contributed by atoms with van der Waals surface area (Å²) in [5.41, 5.74) is 0. The van der Waals surface area contributed by atoms with Crippen LogP contribution in [0.4, 0.5) is 0 Å². The first kappa shape index (κ1) is 6.91. The van der Waals surface area contributed by atoms with Crippen LogP contribution in [0, 0.1) is 0 Å². The SMILES string of the molecule is C/C=C/C/C=C/P. The van der Waals surface area contributed by atoms with E-state index in [1.54, 1.807) is 0 Å². The Kier molecular flexibility index (Phi) is 5.83. The van der Waals surface area contributed by atoms with Gasteiger partial charge in [-0.15, -0.1) is 9.24 Å². The molecule has 1 unspecified atom stereocenters. The monoisotopic (exact) mass is 114 g/mol. The Morgan fingerprint density at radius 3 is 2.57 bits per heavy atom. The minimum atomic E-state index is 1.06. The van der Waals surface area contributed by atoms with Gasteiger partial charge in [0.25, 0.3) is 0 Å². The lowest BCUT2D eigenvalue weighted by atomic mass is 10.4. The summed E-state index contributed by atoms with van der Waals surface area (Å²) in [6, 6.07) is 0. The van der Waals surface area contributed by atoms with E-state index in [4.69, 9.17) is 0 Å². The van der Waals surface area contributed by atoms with Crippen molar-refractivity contribution in [2.75, 3.05) is 0 Å². The molecule has 0 rings (SSSR count). The maximum Gasteiger partial charge on any atom is -0.0166 e. The Morgan fingerprint density at radius 2 is 2.14 bits per heavy atom. The number of hydrogen-bond acceptors (Lipinski definition) is 0. The molecule has 0 bridgehead atoms. The van der Waals surface area contributed by atoms with Gasteiger partial charge in [-0.3, -0.25) is 0 Å². The fourth-order valence-corrected chi connectivity index (χ4v) is 0.450. The Hall–Kier alpha value is -0.0900. The molecule has 0 heterocycles. The van der Waals surface area contributed by atoms with Crippen LogP contribution < -0.4 is 0 Å². The molecular formula is C6H11P. The molecule has 40 valence electrons. The van der Waals surface area contributed by atoms with Crippen LogP contribution in [0.3, 0.4) is 0 Å². The second-order valence-electron chi connectivity index (χ2n) is 1.23. The maximum atomic E-state index is 2.54. The molecule has 0 aromatic heterocycles. The van der Waals surface area contributed by atoms with Gasteiger partial charge in [0.1, 0.15) is 0 Å². The molecule has 0 amide bonds. The number of allylic oxidation sites excluding steroid dienone is 3. The predicted octanol–water partition coefficient (Wildman–Crippen LogP) is 2.34. The molecule has 0 saturated carbocycles. The summed E-state index contributed by atoms with van der Waals surface area (Å²) in [7, 11) is 2.54. The largest absolute Gasteiger partial charge is 0.114 e. The first-order chi connectivity index (χ1) is 3.41. The van der Waals surface area contributed by atoms with Crippen molar-refractivity contribution < 1.29 is 0 Å². The number of hydrogen-bond donors (Lipinski definition) is 0. The van der Waals surface area contributed by atoms with Crippen molar-refractivity contribution in [3.8, 4) is 0 Å². The summed E-state index contributed by atoms with van der Waals surface area (Å²) in [6.07, 6.45) is 7.30. The van der Waals surface area contributed by atoms with E-state index in [-0.39, 0.29) is 0 Å². The molecule has 0 nitrogen and oxygen atoms in total. The zero-order chi connectivity index (χ0) is 5.54. The Labute approximate surface area is 47.5 Å².